The van der Waals surface area contributed by atoms with Gasteiger partial charge in [0.05, 0.1) is 10.0 Å². The van der Waals surface area contributed by atoms with Gasteiger partial charge in [-0.1, -0.05) is 22.0 Å². The molecule has 1 nitrogen and oxygen atoms in total. The van der Waals surface area contributed by atoms with Crippen molar-refractivity contribution in [3.8, 4) is 0 Å². The molecule has 7 heteroatoms. The predicted molar refractivity (Wildman–Crippen MR) is 80.6 cm³/mol. The van der Waals surface area contributed by atoms with Gasteiger partial charge in [-0.25, -0.2) is 4.39 Å². The molecular weight excluding hydrogens is 418 g/mol. The quantitative estimate of drug-likeness (QED) is 0.595. The van der Waals surface area contributed by atoms with Crippen molar-refractivity contribution >= 4 is 37.5 Å². The molecule has 2 aromatic rings. The van der Waals surface area contributed by atoms with Crippen LogP contribution in [0.1, 0.15) is 11.1 Å². The summed E-state index contributed by atoms with van der Waals surface area (Å²) < 4.78 is 51.7. The summed E-state index contributed by atoms with van der Waals surface area (Å²) in [5.41, 5.74) is 0.346. The lowest BCUT2D eigenvalue weighted by Gasteiger charge is -2.12. The van der Waals surface area contributed by atoms with E-state index in [9.17, 15) is 17.6 Å². The highest BCUT2D eigenvalue weighted by atomic mass is 79.9. The van der Waals surface area contributed by atoms with Crippen LogP contribution >= 0.6 is 31.9 Å². The van der Waals surface area contributed by atoms with E-state index in [4.69, 9.17) is 0 Å². The molecule has 0 radical (unpaired) electrons. The largest absolute Gasteiger partial charge is 0.417 e. The maximum atomic E-state index is 13.1. The summed E-state index contributed by atoms with van der Waals surface area (Å²) in [7, 11) is 0. The van der Waals surface area contributed by atoms with Crippen molar-refractivity contribution in [1.82, 2.24) is 0 Å². The highest BCUT2D eigenvalue weighted by Gasteiger charge is 2.33. The van der Waals surface area contributed by atoms with Gasteiger partial charge in [0.1, 0.15) is 5.82 Å². The highest BCUT2D eigenvalue weighted by Crippen LogP contribution is 2.36. The second-order valence-electron chi connectivity index (χ2n) is 4.29. The van der Waals surface area contributed by atoms with E-state index in [0.717, 1.165) is 11.6 Å². The fraction of sp³-hybridized carbons (Fsp3) is 0.143. The Kier molecular flexibility index (Phi) is 4.93. The monoisotopic (exact) mass is 425 g/mol. The Balaban J connectivity index is 2.15. The SMILES string of the molecule is Fc1ccc(CNc2ccc(Br)c(C(F)(F)F)c2)cc1Br. The molecule has 0 saturated heterocycles. The Labute approximate surface area is 135 Å². The summed E-state index contributed by atoms with van der Waals surface area (Å²) in [6.45, 7) is 0.289. The molecule has 0 aliphatic carbocycles. The van der Waals surface area contributed by atoms with Crippen molar-refractivity contribution in [2.45, 2.75) is 12.7 Å². The van der Waals surface area contributed by atoms with E-state index in [0.29, 0.717) is 10.2 Å². The molecule has 0 unspecified atom stereocenters. The zero-order chi connectivity index (χ0) is 15.6. The normalized spacial score (nSPS) is 11.5. The van der Waals surface area contributed by atoms with Crippen molar-refractivity contribution in [2.24, 2.45) is 0 Å². The summed E-state index contributed by atoms with van der Waals surface area (Å²) >= 11 is 5.95. The van der Waals surface area contributed by atoms with E-state index < -0.39 is 11.7 Å². The molecule has 0 amide bonds. The van der Waals surface area contributed by atoms with Crippen molar-refractivity contribution in [3.05, 3.63) is 62.3 Å². The van der Waals surface area contributed by atoms with Crippen molar-refractivity contribution in [2.75, 3.05) is 5.32 Å². The molecule has 0 bridgehead atoms. The van der Waals surface area contributed by atoms with E-state index in [1.807, 2.05) is 0 Å². The van der Waals surface area contributed by atoms with Crippen LogP contribution in [0.3, 0.4) is 0 Å². The third kappa shape index (κ3) is 4.20. The van der Waals surface area contributed by atoms with Crippen LogP contribution < -0.4 is 5.32 Å². The molecule has 0 heterocycles. The molecule has 0 aromatic heterocycles. The molecule has 0 saturated carbocycles. The van der Waals surface area contributed by atoms with Gasteiger partial charge in [0.2, 0.25) is 0 Å². The number of anilines is 1. The Morgan fingerprint density at radius 1 is 0.952 bits per heavy atom. The zero-order valence-electron chi connectivity index (χ0n) is 10.4. The van der Waals surface area contributed by atoms with Gasteiger partial charge in [-0.15, -0.1) is 0 Å². The summed E-state index contributed by atoms with van der Waals surface area (Å²) in [4.78, 5) is 0. The number of hydrogen-bond acceptors (Lipinski definition) is 1. The van der Waals surface area contributed by atoms with Crippen molar-refractivity contribution in [3.63, 3.8) is 0 Å². The highest BCUT2D eigenvalue weighted by molar-refractivity contribution is 9.10. The van der Waals surface area contributed by atoms with Gasteiger partial charge in [0.25, 0.3) is 0 Å². The molecule has 0 spiro atoms. The van der Waals surface area contributed by atoms with Crippen LogP contribution in [0.2, 0.25) is 0 Å². The van der Waals surface area contributed by atoms with E-state index in [1.54, 1.807) is 12.1 Å². The lowest BCUT2D eigenvalue weighted by molar-refractivity contribution is -0.138. The van der Waals surface area contributed by atoms with Gasteiger partial charge in [-0.3, -0.25) is 0 Å². The van der Waals surface area contributed by atoms with Crippen LogP contribution in [-0.4, -0.2) is 0 Å². The first kappa shape index (κ1) is 16.3. The van der Waals surface area contributed by atoms with Gasteiger partial charge in [0, 0.05) is 16.7 Å². The number of benzene rings is 2. The van der Waals surface area contributed by atoms with Crippen LogP contribution in [0.15, 0.2) is 45.3 Å². The zero-order valence-corrected chi connectivity index (χ0v) is 13.6. The van der Waals surface area contributed by atoms with Crippen molar-refractivity contribution < 1.29 is 17.6 Å². The van der Waals surface area contributed by atoms with Crippen LogP contribution in [0, 0.1) is 5.82 Å². The first-order valence-electron chi connectivity index (χ1n) is 5.82. The molecule has 0 fully saturated rings. The minimum Gasteiger partial charge on any atom is -0.381 e. The molecule has 21 heavy (non-hydrogen) atoms. The molecule has 2 aromatic carbocycles. The Hall–Kier alpha value is -1.08. The summed E-state index contributed by atoms with van der Waals surface area (Å²) in [6.07, 6.45) is -4.42. The van der Waals surface area contributed by atoms with E-state index in [2.05, 4.69) is 37.2 Å². The summed E-state index contributed by atoms with van der Waals surface area (Å²) in [5, 5.41) is 2.88. The standard InChI is InChI=1S/C14H9Br2F4N/c15-11-3-2-9(6-10(11)14(18,19)20)21-7-8-1-4-13(17)12(16)5-8/h1-6,21H,7H2. The van der Waals surface area contributed by atoms with Crippen LogP contribution in [0.4, 0.5) is 23.2 Å². The maximum absolute atomic E-state index is 13.1. The molecule has 2 rings (SSSR count). The fourth-order valence-corrected chi connectivity index (χ4v) is 2.60. The average Bonchev–Trinajstić information content (AvgIpc) is 2.40. The van der Waals surface area contributed by atoms with E-state index >= 15 is 0 Å². The van der Waals surface area contributed by atoms with Crippen LogP contribution in [0.5, 0.6) is 0 Å². The fourth-order valence-electron chi connectivity index (χ4n) is 1.71. The van der Waals surface area contributed by atoms with Gasteiger partial charge < -0.3 is 5.32 Å². The Bertz CT molecular complexity index is 656. The first-order chi connectivity index (χ1) is 9.77. The number of rotatable bonds is 3. The van der Waals surface area contributed by atoms with Gasteiger partial charge in [-0.05, 0) is 51.8 Å². The minimum absolute atomic E-state index is 0.00919. The predicted octanol–water partition coefficient (Wildman–Crippen LogP) is 5.98. The lowest BCUT2D eigenvalue weighted by atomic mass is 10.1. The topological polar surface area (TPSA) is 12.0 Å². The van der Waals surface area contributed by atoms with E-state index in [-0.39, 0.29) is 16.8 Å². The second-order valence-corrected chi connectivity index (χ2v) is 6.00. The molecule has 1 N–H and O–H groups in total. The first-order valence-corrected chi connectivity index (χ1v) is 7.40. The van der Waals surface area contributed by atoms with Gasteiger partial charge in [-0.2, -0.15) is 13.2 Å². The summed E-state index contributed by atoms with van der Waals surface area (Å²) in [5.74, 6) is -0.387. The van der Waals surface area contributed by atoms with Crippen molar-refractivity contribution in [1.29, 1.82) is 0 Å². The number of nitrogens with one attached hydrogen (secondary N) is 1. The second kappa shape index (κ2) is 6.36. The van der Waals surface area contributed by atoms with Crippen LogP contribution in [-0.2, 0) is 12.7 Å². The van der Waals surface area contributed by atoms with Crippen LogP contribution in [0.25, 0.3) is 0 Å². The third-order valence-electron chi connectivity index (χ3n) is 2.75. The molecular formula is C14H9Br2F4N. The average molecular weight is 427 g/mol. The lowest BCUT2D eigenvalue weighted by Crippen LogP contribution is -2.07. The van der Waals surface area contributed by atoms with Gasteiger partial charge in [0.15, 0.2) is 0 Å². The number of alkyl halides is 3. The molecule has 0 atom stereocenters. The maximum Gasteiger partial charge on any atom is 0.417 e. The number of hydrogen-bond donors (Lipinski definition) is 1. The molecule has 0 aliphatic rings. The molecule has 0 aliphatic heterocycles. The summed E-state index contributed by atoms with van der Waals surface area (Å²) in [6, 6.07) is 8.35. The third-order valence-corrected chi connectivity index (χ3v) is 4.05. The smallest absolute Gasteiger partial charge is 0.381 e. The molecule has 112 valence electrons. The van der Waals surface area contributed by atoms with E-state index in [1.165, 1.54) is 18.2 Å². The minimum atomic E-state index is -4.42. The Morgan fingerprint density at radius 2 is 1.67 bits per heavy atom. The Morgan fingerprint density at radius 3 is 2.29 bits per heavy atom. The number of halogens is 6. The van der Waals surface area contributed by atoms with Gasteiger partial charge >= 0.3 is 6.18 Å².